The van der Waals surface area contributed by atoms with E-state index in [2.05, 4.69) is 5.32 Å². The summed E-state index contributed by atoms with van der Waals surface area (Å²) in [6.45, 7) is 0.480. The fourth-order valence-electron chi connectivity index (χ4n) is 4.12. The highest BCUT2D eigenvalue weighted by Gasteiger charge is 2.55. The number of rotatable bonds is 6. The molecule has 1 aromatic carbocycles. The van der Waals surface area contributed by atoms with Crippen molar-refractivity contribution in [3.63, 3.8) is 0 Å². The number of β-lactam (4-membered cyclic amide) rings is 1. The Morgan fingerprint density at radius 1 is 1.14 bits per heavy atom. The molecule has 2 amide bonds. The third-order valence-electron chi connectivity index (χ3n) is 5.78. The van der Waals surface area contributed by atoms with Gasteiger partial charge < -0.3 is 10.2 Å². The minimum Gasteiger partial charge on any atom is -0.351 e. The molecule has 2 fully saturated rings. The van der Waals surface area contributed by atoms with Crippen LogP contribution in [-0.4, -0.2) is 28.3 Å². The van der Waals surface area contributed by atoms with Gasteiger partial charge in [0, 0.05) is 10.9 Å². The van der Waals surface area contributed by atoms with Crippen molar-refractivity contribution < 1.29 is 9.59 Å². The van der Waals surface area contributed by atoms with E-state index >= 15 is 0 Å². The first-order chi connectivity index (χ1) is 13.7. The van der Waals surface area contributed by atoms with Crippen molar-refractivity contribution in [2.75, 3.05) is 0 Å². The Morgan fingerprint density at radius 3 is 2.61 bits per heavy atom. The van der Waals surface area contributed by atoms with Gasteiger partial charge in [-0.05, 0) is 35.9 Å². The molecule has 2 aromatic rings. The van der Waals surface area contributed by atoms with E-state index in [0.717, 1.165) is 36.1 Å². The first-order valence-corrected chi connectivity index (χ1v) is 10.9. The van der Waals surface area contributed by atoms with Crippen molar-refractivity contribution in [2.24, 2.45) is 0 Å². The van der Waals surface area contributed by atoms with Crippen LogP contribution in [0.3, 0.4) is 0 Å². The van der Waals surface area contributed by atoms with Crippen LogP contribution in [0, 0.1) is 0 Å². The summed E-state index contributed by atoms with van der Waals surface area (Å²) in [5.74, 6) is -0.00681. The molecule has 1 saturated heterocycles. The number of nitrogens with one attached hydrogen (secondary N) is 1. The van der Waals surface area contributed by atoms with Crippen LogP contribution < -0.4 is 5.32 Å². The summed E-state index contributed by atoms with van der Waals surface area (Å²) in [5.41, 5.74) is 0.136. The lowest BCUT2D eigenvalue weighted by Gasteiger charge is -2.49. The van der Waals surface area contributed by atoms with Crippen molar-refractivity contribution >= 4 is 29.2 Å². The van der Waals surface area contributed by atoms with Gasteiger partial charge in [0.2, 0.25) is 5.91 Å². The van der Waals surface area contributed by atoms with Crippen molar-refractivity contribution in [3.05, 3.63) is 64.4 Å². The van der Waals surface area contributed by atoms with Gasteiger partial charge in [-0.25, -0.2) is 0 Å². The summed E-state index contributed by atoms with van der Waals surface area (Å²) in [7, 11) is 0. The molecule has 1 unspecified atom stereocenters. The molecule has 146 valence electrons. The topological polar surface area (TPSA) is 49.4 Å². The summed E-state index contributed by atoms with van der Waals surface area (Å²) in [6.07, 6.45) is 9.76. The molecule has 0 radical (unpaired) electrons. The summed E-state index contributed by atoms with van der Waals surface area (Å²) in [6, 6.07) is 14.2. The number of amides is 2. The Morgan fingerprint density at radius 2 is 1.93 bits per heavy atom. The Bertz CT molecular complexity index is 841. The molecule has 28 heavy (non-hydrogen) atoms. The number of carbonyl (C=O) groups is 2. The Kier molecular flexibility index (Phi) is 5.62. The standard InChI is InChI=1S/C23H26N2O2S/c26-21-16-23(14-13-18-8-3-1-4-9-18,25(21)17-20-12-7-15-28-20)22(27)24-19-10-5-2-6-11-19/h1,3-4,7-9,12-15,19H,2,5-6,10-11,16-17H2,(H,24,27)/b14-13+. The first kappa shape index (κ1) is 18.9. The second-order valence-corrected chi connectivity index (χ2v) is 8.74. The van der Waals surface area contributed by atoms with Gasteiger partial charge in [0.25, 0.3) is 5.91 Å². The zero-order valence-electron chi connectivity index (χ0n) is 16.0. The van der Waals surface area contributed by atoms with Crippen molar-refractivity contribution in [2.45, 2.75) is 56.7 Å². The summed E-state index contributed by atoms with van der Waals surface area (Å²) < 4.78 is 0. The van der Waals surface area contributed by atoms with E-state index in [9.17, 15) is 9.59 Å². The molecule has 0 spiro atoms. The van der Waals surface area contributed by atoms with Gasteiger partial charge in [-0.15, -0.1) is 11.3 Å². The maximum Gasteiger partial charge on any atom is 0.250 e. The summed E-state index contributed by atoms with van der Waals surface area (Å²) in [4.78, 5) is 28.7. The minimum absolute atomic E-state index is 0.0323. The summed E-state index contributed by atoms with van der Waals surface area (Å²) in [5, 5.41) is 5.25. The van der Waals surface area contributed by atoms with Gasteiger partial charge in [-0.3, -0.25) is 9.59 Å². The second-order valence-electron chi connectivity index (χ2n) is 7.71. The Hall–Kier alpha value is -2.40. The number of nitrogens with zero attached hydrogens (tertiary/aromatic N) is 1. The average Bonchev–Trinajstić information content (AvgIpc) is 3.24. The molecular weight excluding hydrogens is 368 g/mol. The maximum atomic E-state index is 13.4. The van der Waals surface area contributed by atoms with Gasteiger partial charge in [0.15, 0.2) is 0 Å². The molecule has 1 N–H and O–H groups in total. The lowest BCUT2D eigenvalue weighted by molar-refractivity contribution is -0.162. The zero-order chi connectivity index (χ0) is 19.4. The van der Waals surface area contributed by atoms with Crippen LogP contribution in [0.5, 0.6) is 0 Å². The SMILES string of the molecule is O=C1CC(/C=C/c2ccccc2)(C(=O)NC2CCCCC2)N1Cc1cccs1. The predicted molar refractivity (Wildman–Crippen MR) is 113 cm³/mol. The van der Waals surface area contributed by atoms with Gasteiger partial charge in [0.05, 0.1) is 13.0 Å². The van der Waals surface area contributed by atoms with Gasteiger partial charge in [-0.2, -0.15) is 0 Å². The van der Waals surface area contributed by atoms with Gasteiger partial charge in [0.1, 0.15) is 5.54 Å². The molecule has 1 aliphatic carbocycles. The van der Waals surface area contributed by atoms with Gasteiger partial charge in [-0.1, -0.05) is 61.7 Å². The fraction of sp³-hybridized carbons (Fsp3) is 0.391. The van der Waals surface area contributed by atoms with Crippen LogP contribution in [0.25, 0.3) is 6.08 Å². The molecule has 1 saturated carbocycles. The molecule has 1 atom stereocenters. The number of likely N-dealkylation sites (tertiary alicyclic amines) is 1. The monoisotopic (exact) mass is 394 g/mol. The van der Waals surface area contributed by atoms with E-state index in [0.29, 0.717) is 6.54 Å². The van der Waals surface area contributed by atoms with Crippen LogP contribution >= 0.6 is 11.3 Å². The third-order valence-corrected chi connectivity index (χ3v) is 6.64. The van der Waals surface area contributed by atoms with Crippen LogP contribution in [0.15, 0.2) is 53.9 Å². The lowest BCUT2D eigenvalue weighted by Crippen LogP contribution is -2.69. The smallest absolute Gasteiger partial charge is 0.250 e. The number of hydrogen-bond donors (Lipinski definition) is 1. The highest BCUT2D eigenvalue weighted by Crippen LogP contribution is 2.37. The van der Waals surface area contributed by atoms with Crippen molar-refractivity contribution in [1.29, 1.82) is 0 Å². The molecule has 4 nitrogen and oxygen atoms in total. The Labute approximate surface area is 170 Å². The van der Waals surface area contributed by atoms with E-state index in [1.807, 2.05) is 60.0 Å². The summed E-state index contributed by atoms with van der Waals surface area (Å²) >= 11 is 1.62. The molecule has 2 aliphatic rings. The largest absolute Gasteiger partial charge is 0.351 e. The number of hydrogen-bond acceptors (Lipinski definition) is 3. The van der Waals surface area contributed by atoms with Gasteiger partial charge >= 0.3 is 0 Å². The van der Waals surface area contributed by atoms with Crippen LogP contribution in [-0.2, 0) is 16.1 Å². The van der Waals surface area contributed by atoms with E-state index in [-0.39, 0.29) is 24.3 Å². The quantitative estimate of drug-likeness (QED) is 0.739. The van der Waals surface area contributed by atoms with Crippen LogP contribution in [0.1, 0.15) is 49.0 Å². The van der Waals surface area contributed by atoms with Crippen LogP contribution in [0.4, 0.5) is 0 Å². The maximum absolute atomic E-state index is 13.4. The second kappa shape index (κ2) is 8.31. The molecular formula is C23H26N2O2S. The number of benzene rings is 1. The van der Waals surface area contributed by atoms with E-state index in [1.165, 1.54) is 6.42 Å². The minimum atomic E-state index is -0.894. The molecule has 1 aromatic heterocycles. The molecule has 1 aliphatic heterocycles. The predicted octanol–water partition coefficient (Wildman–Crippen LogP) is 4.38. The van der Waals surface area contributed by atoms with E-state index < -0.39 is 5.54 Å². The number of carbonyl (C=O) groups excluding carboxylic acids is 2. The molecule has 4 rings (SSSR count). The fourth-order valence-corrected chi connectivity index (χ4v) is 4.82. The van der Waals surface area contributed by atoms with Crippen molar-refractivity contribution in [1.82, 2.24) is 10.2 Å². The molecule has 2 heterocycles. The first-order valence-electron chi connectivity index (χ1n) is 10.1. The van der Waals surface area contributed by atoms with Crippen molar-refractivity contribution in [3.8, 4) is 0 Å². The molecule has 5 heteroatoms. The normalized spacial score (nSPS) is 23.0. The highest BCUT2D eigenvalue weighted by atomic mass is 32.1. The van der Waals surface area contributed by atoms with Crippen LogP contribution in [0.2, 0.25) is 0 Å². The number of thiophene rings is 1. The Balaban J connectivity index is 1.59. The molecule has 0 bridgehead atoms. The van der Waals surface area contributed by atoms with E-state index in [4.69, 9.17) is 0 Å². The highest BCUT2D eigenvalue weighted by molar-refractivity contribution is 7.09. The van der Waals surface area contributed by atoms with E-state index in [1.54, 1.807) is 16.2 Å². The third kappa shape index (κ3) is 3.90. The average molecular weight is 395 g/mol. The lowest BCUT2D eigenvalue weighted by atomic mass is 9.81. The zero-order valence-corrected chi connectivity index (χ0v) is 16.8.